The smallest absolute Gasteiger partial charge is 0.244 e. The number of benzene rings is 1. The van der Waals surface area contributed by atoms with Crippen LogP contribution in [-0.2, 0) is 21.8 Å². The van der Waals surface area contributed by atoms with Crippen LogP contribution in [-0.4, -0.2) is 31.9 Å². The van der Waals surface area contributed by atoms with Crippen LogP contribution in [0.1, 0.15) is 28.6 Å². The van der Waals surface area contributed by atoms with Gasteiger partial charge < -0.3 is 4.74 Å². The minimum Gasteiger partial charge on any atom is -0.375 e. The summed E-state index contributed by atoms with van der Waals surface area (Å²) in [6.07, 6.45) is -0.344. The maximum absolute atomic E-state index is 12.6. The number of nitrogens with zero attached hydrogens (tertiary/aromatic N) is 2. The van der Waals surface area contributed by atoms with E-state index in [-0.39, 0.29) is 17.5 Å². The second kappa shape index (κ2) is 6.82. The van der Waals surface area contributed by atoms with Crippen LogP contribution >= 0.6 is 0 Å². The number of aryl methyl sites for hydroxylation is 3. The van der Waals surface area contributed by atoms with Gasteiger partial charge >= 0.3 is 0 Å². The molecule has 2 rings (SSSR count). The lowest BCUT2D eigenvalue weighted by atomic mass is 10.0. The molecule has 0 radical (unpaired) electrons. The van der Waals surface area contributed by atoms with Gasteiger partial charge in [0.05, 0.1) is 17.5 Å². The van der Waals surface area contributed by atoms with Gasteiger partial charge in [0.2, 0.25) is 10.0 Å². The van der Waals surface area contributed by atoms with Gasteiger partial charge in [-0.3, -0.25) is 4.68 Å². The molecular formula is C16H23N3O3S. The molecule has 6 nitrogen and oxygen atoms in total. The van der Waals surface area contributed by atoms with Crippen molar-refractivity contribution in [3.05, 3.63) is 46.8 Å². The number of rotatable bonds is 6. The third kappa shape index (κ3) is 3.63. The summed E-state index contributed by atoms with van der Waals surface area (Å²) in [6, 6.07) is 7.78. The molecule has 0 saturated carbocycles. The largest absolute Gasteiger partial charge is 0.375 e. The van der Waals surface area contributed by atoms with Crippen molar-refractivity contribution in [2.75, 3.05) is 13.7 Å². The van der Waals surface area contributed by atoms with E-state index in [2.05, 4.69) is 9.82 Å². The zero-order valence-electron chi connectivity index (χ0n) is 14.1. The van der Waals surface area contributed by atoms with Crippen molar-refractivity contribution in [2.45, 2.75) is 31.8 Å². The SMILES string of the molecule is COC(CNS(=O)(=O)c1c(C)nn(C)c1C)c1ccccc1C. The molecule has 7 heteroatoms. The first-order chi connectivity index (χ1) is 10.8. The fraction of sp³-hybridized carbons (Fsp3) is 0.438. The van der Waals surface area contributed by atoms with Crippen molar-refractivity contribution in [2.24, 2.45) is 7.05 Å². The quantitative estimate of drug-likeness (QED) is 0.875. The summed E-state index contributed by atoms with van der Waals surface area (Å²) >= 11 is 0. The van der Waals surface area contributed by atoms with Crippen molar-refractivity contribution in [3.63, 3.8) is 0 Å². The van der Waals surface area contributed by atoms with Crippen LogP contribution in [0.3, 0.4) is 0 Å². The van der Waals surface area contributed by atoms with Gasteiger partial charge in [-0.15, -0.1) is 0 Å². The first kappa shape index (κ1) is 17.7. The highest BCUT2D eigenvalue weighted by molar-refractivity contribution is 7.89. The molecule has 0 aliphatic heterocycles. The Morgan fingerprint density at radius 1 is 1.26 bits per heavy atom. The summed E-state index contributed by atoms with van der Waals surface area (Å²) in [4.78, 5) is 0.236. The van der Waals surface area contributed by atoms with Gasteiger partial charge in [0.15, 0.2) is 0 Å². The lowest BCUT2D eigenvalue weighted by Crippen LogP contribution is -2.30. The molecule has 0 bridgehead atoms. The molecule has 2 aromatic rings. The highest BCUT2D eigenvalue weighted by Crippen LogP contribution is 2.22. The van der Waals surface area contributed by atoms with Gasteiger partial charge in [0, 0.05) is 20.7 Å². The molecule has 0 spiro atoms. The highest BCUT2D eigenvalue weighted by Gasteiger charge is 2.25. The lowest BCUT2D eigenvalue weighted by Gasteiger charge is -2.18. The van der Waals surface area contributed by atoms with E-state index in [1.54, 1.807) is 32.7 Å². The number of hydrogen-bond acceptors (Lipinski definition) is 4. The van der Waals surface area contributed by atoms with Crippen LogP contribution in [0.5, 0.6) is 0 Å². The molecule has 1 aromatic carbocycles. The third-order valence-electron chi connectivity index (χ3n) is 3.99. The monoisotopic (exact) mass is 337 g/mol. The molecule has 1 aromatic heterocycles. The Morgan fingerprint density at radius 2 is 1.91 bits per heavy atom. The topological polar surface area (TPSA) is 73.2 Å². The van der Waals surface area contributed by atoms with Crippen molar-refractivity contribution >= 4 is 10.0 Å². The summed E-state index contributed by atoms with van der Waals surface area (Å²) in [7, 11) is -0.336. The maximum Gasteiger partial charge on any atom is 0.244 e. The van der Waals surface area contributed by atoms with E-state index in [9.17, 15) is 8.42 Å². The summed E-state index contributed by atoms with van der Waals surface area (Å²) in [6.45, 7) is 5.57. The van der Waals surface area contributed by atoms with Gasteiger partial charge in [0.25, 0.3) is 0 Å². The van der Waals surface area contributed by atoms with Gasteiger partial charge in [-0.1, -0.05) is 24.3 Å². The number of hydrogen-bond donors (Lipinski definition) is 1. The van der Waals surface area contributed by atoms with Crippen LogP contribution in [0.25, 0.3) is 0 Å². The zero-order chi connectivity index (χ0) is 17.2. The van der Waals surface area contributed by atoms with Crippen LogP contribution < -0.4 is 4.72 Å². The summed E-state index contributed by atoms with van der Waals surface area (Å²) in [5, 5.41) is 4.16. The van der Waals surface area contributed by atoms with E-state index in [1.165, 1.54) is 0 Å². The van der Waals surface area contributed by atoms with Crippen LogP contribution in [0, 0.1) is 20.8 Å². The molecule has 126 valence electrons. The molecule has 1 unspecified atom stereocenters. The maximum atomic E-state index is 12.6. The Balaban J connectivity index is 2.23. The molecule has 1 N–H and O–H groups in total. The Morgan fingerprint density at radius 3 is 2.43 bits per heavy atom. The minimum atomic E-state index is -3.64. The van der Waals surface area contributed by atoms with Crippen molar-refractivity contribution in [1.82, 2.24) is 14.5 Å². The fourth-order valence-electron chi connectivity index (χ4n) is 2.67. The van der Waals surface area contributed by atoms with Crippen molar-refractivity contribution in [3.8, 4) is 0 Å². The Labute approximate surface area is 137 Å². The van der Waals surface area contributed by atoms with Gasteiger partial charge in [0.1, 0.15) is 4.90 Å². The zero-order valence-corrected chi connectivity index (χ0v) is 14.9. The van der Waals surface area contributed by atoms with E-state index in [0.717, 1.165) is 11.1 Å². The summed E-state index contributed by atoms with van der Waals surface area (Å²) in [5.41, 5.74) is 3.13. The number of nitrogens with one attached hydrogen (secondary N) is 1. The first-order valence-corrected chi connectivity index (χ1v) is 8.84. The van der Waals surface area contributed by atoms with Crippen molar-refractivity contribution in [1.29, 1.82) is 0 Å². The number of aromatic nitrogens is 2. The molecule has 0 saturated heterocycles. The van der Waals surface area contributed by atoms with Crippen molar-refractivity contribution < 1.29 is 13.2 Å². The first-order valence-electron chi connectivity index (χ1n) is 7.36. The fourth-order valence-corrected chi connectivity index (χ4v) is 4.13. The lowest BCUT2D eigenvalue weighted by molar-refractivity contribution is 0.107. The van der Waals surface area contributed by atoms with Crippen LogP contribution in [0.4, 0.5) is 0 Å². The van der Waals surface area contributed by atoms with Gasteiger partial charge in [-0.2, -0.15) is 5.10 Å². The van der Waals surface area contributed by atoms with Gasteiger partial charge in [-0.25, -0.2) is 13.1 Å². The molecule has 23 heavy (non-hydrogen) atoms. The molecule has 1 atom stereocenters. The van der Waals surface area contributed by atoms with Gasteiger partial charge in [-0.05, 0) is 31.9 Å². The Kier molecular flexibility index (Phi) is 5.23. The Bertz CT molecular complexity index is 797. The average Bonchev–Trinajstić information content (AvgIpc) is 2.74. The second-order valence-corrected chi connectivity index (χ2v) is 7.26. The van der Waals surface area contributed by atoms with E-state index in [0.29, 0.717) is 11.4 Å². The predicted octanol–water partition coefficient (Wildman–Crippen LogP) is 2.01. The van der Waals surface area contributed by atoms with Crippen LogP contribution in [0.15, 0.2) is 29.2 Å². The minimum absolute atomic E-state index is 0.164. The van der Waals surface area contributed by atoms with E-state index >= 15 is 0 Å². The Hall–Kier alpha value is -1.70. The highest BCUT2D eigenvalue weighted by atomic mass is 32.2. The molecule has 0 amide bonds. The third-order valence-corrected chi connectivity index (χ3v) is 5.66. The van der Waals surface area contributed by atoms with E-state index in [1.807, 2.05) is 31.2 Å². The molecule has 0 aliphatic rings. The predicted molar refractivity (Wildman–Crippen MR) is 88.8 cm³/mol. The average molecular weight is 337 g/mol. The standard InChI is InChI=1S/C16H23N3O3S/c1-11-8-6-7-9-14(11)15(22-5)10-17-23(20,21)16-12(2)18-19(4)13(16)3/h6-9,15,17H,10H2,1-5H3. The molecular weight excluding hydrogens is 314 g/mol. The molecule has 1 heterocycles. The molecule has 0 aliphatic carbocycles. The second-order valence-electron chi connectivity index (χ2n) is 5.56. The molecule has 0 fully saturated rings. The number of methoxy groups -OCH3 is 1. The number of ether oxygens (including phenoxy) is 1. The summed E-state index contributed by atoms with van der Waals surface area (Å²) < 4.78 is 34.9. The number of sulfonamides is 1. The normalized spacial score (nSPS) is 13.3. The van der Waals surface area contributed by atoms with E-state index < -0.39 is 10.0 Å². The summed E-state index contributed by atoms with van der Waals surface area (Å²) in [5.74, 6) is 0. The van der Waals surface area contributed by atoms with Crippen LogP contribution in [0.2, 0.25) is 0 Å². The van der Waals surface area contributed by atoms with E-state index in [4.69, 9.17) is 4.74 Å².